The largest absolute Gasteiger partial charge is 0.496 e. The summed E-state index contributed by atoms with van der Waals surface area (Å²) >= 11 is 64.6. The monoisotopic (exact) mass is 2060 g/mol. The molecule has 10 rings (SSSR count). The molecule has 0 bridgehead atoms. The lowest BCUT2D eigenvalue weighted by Gasteiger charge is -2.15. The van der Waals surface area contributed by atoms with Gasteiger partial charge < -0.3 is 9.47 Å². The summed E-state index contributed by atoms with van der Waals surface area (Å²) in [4.78, 5) is 0. The molecule has 10 aromatic rings. The van der Waals surface area contributed by atoms with Gasteiger partial charge in [-0.2, -0.15) is 0 Å². The van der Waals surface area contributed by atoms with E-state index < -0.39 is 0 Å². The molecule has 636 valence electrons. The summed E-state index contributed by atoms with van der Waals surface area (Å²) in [5.74, 6) is 4.85. The molecular formula is C97H117Br5Cl8F4O2. The number of ether oxygens (including phenoxy) is 2. The van der Waals surface area contributed by atoms with Crippen LogP contribution in [0.4, 0.5) is 17.6 Å². The predicted molar refractivity (Wildman–Crippen MR) is 521 cm³/mol. The minimum Gasteiger partial charge on any atom is -0.496 e. The zero-order chi connectivity index (χ0) is 89.2. The van der Waals surface area contributed by atoms with Crippen molar-refractivity contribution >= 4 is 172 Å². The number of halogens is 17. The van der Waals surface area contributed by atoms with Gasteiger partial charge in [0.05, 0.1) is 14.2 Å². The number of hydrogen-bond donors (Lipinski definition) is 0. The van der Waals surface area contributed by atoms with E-state index in [1.807, 2.05) is 130 Å². The third-order valence-electron chi connectivity index (χ3n) is 17.7. The maximum Gasteiger partial charge on any atom is 0.128 e. The Bertz CT molecular complexity index is 4380. The van der Waals surface area contributed by atoms with Crippen molar-refractivity contribution in [1.29, 1.82) is 0 Å². The fourth-order valence-electron chi connectivity index (χ4n) is 12.3. The van der Waals surface area contributed by atoms with Crippen molar-refractivity contribution in [3.63, 3.8) is 0 Å². The summed E-state index contributed by atoms with van der Waals surface area (Å²) in [5, 5.41) is 5.59. The Morgan fingerprint density at radius 2 is 0.672 bits per heavy atom. The first-order valence-corrected chi connectivity index (χ1v) is 45.4. The lowest BCUT2D eigenvalue weighted by Crippen LogP contribution is -1.97. The molecule has 0 heterocycles. The van der Waals surface area contributed by atoms with Gasteiger partial charge in [0, 0.05) is 79.2 Å². The van der Waals surface area contributed by atoms with E-state index in [1.54, 1.807) is 50.6 Å². The van der Waals surface area contributed by atoms with Crippen molar-refractivity contribution in [3.8, 4) is 11.5 Å². The number of rotatable bonds is 12. The molecule has 0 aliphatic carbocycles. The minimum atomic E-state index is -0.215. The van der Waals surface area contributed by atoms with Crippen LogP contribution in [0.15, 0.2) is 180 Å². The van der Waals surface area contributed by atoms with E-state index >= 15 is 0 Å². The molecule has 0 aliphatic rings. The van der Waals surface area contributed by atoms with Crippen molar-refractivity contribution in [2.24, 2.45) is 0 Å². The summed E-state index contributed by atoms with van der Waals surface area (Å²) in [6, 6.07) is 46.9. The quantitative estimate of drug-likeness (QED) is 0.114. The molecule has 0 aromatic heterocycles. The Morgan fingerprint density at radius 3 is 1.05 bits per heavy atom. The Hall–Kier alpha value is -3.76. The van der Waals surface area contributed by atoms with E-state index in [9.17, 15) is 17.6 Å². The standard InChI is InChI=1S/C12H18.C11H15ClO.C10H12Cl2.C10H13FO.C9H10Br2.C9H10BrCl.2C9H10BrF.C9H9Cl3.C9H10ClF/c1-8(2)12-10(4)6-9(3)7-11(12)5;1-7(2)11-8(3)9(12)5-6-10(11)13-4;1-6(2)9-8(11)5-4-7(3)10(9)12;1-7(2)9-6-8(11)4-5-10(9)12-3;1-6(2)8-5-7(10)3-4-9(8)11;1-6(2)9-7(10)4-3-5-8(9)11;1-6(2)8-4-3-7(11)5-9(8)10;1-6(2)9-7(10)4-3-5-8(9)11;1-5(2)9-7(11)3-6(10)4-8(9)12;1-6(2)9-7(10)4-3-5-8(9)11/h6-8H,1-5H3;5-7H,1-4H3;4-6H,1-3H3;4-7H,1-3H3;4*3-6H,1-2H3;3-5H,1-2H3;3-6H,1-2H3. The van der Waals surface area contributed by atoms with Gasteiger partial charge in [-0.25, -0.2) is 17.6 Å². The lowest BCUT2D eigenvalue weighted by molar-refractivity contribution is 0.406. The van der Waals surface area contributed by atoms with E-state index in [2.05, 4.69) is 208 Å². The molecule has 0 fully saturated rings. The van der Waals surface area contributed by atoms with Crippen LogP contribution in [0.25, 0.3) is 0 Å². The van der Waals surface area contributed by atoms with Gasteiger partial charge in [0.15, 0.2) is 0 Å². The molecule has 116 heavy (non-hydrogen) atoms. The van der Waals surface area contributed by atoms with Gasteiger partial charge in [-0.3, -0.25) is 0 Å². The normalized spacial score (nSPS) is 10.7. The maximum absolute atomic E-state index is 13.1. The van der Waals surface area contributed by atoms with Crippen LogP contribution in [0, 0.1) is 57.9 Å². The maximum atomic E-state index is 13.1. The van der Waals surface area contributed by atoms with Crippen molar-refractivity contribution in [3.05, 3.63) is 327 Å². The average Bonchev–Trinajstić information content (AvgIpc) is 0.833. The number of hydrogen-bond acceptors (Lipinski definition) is 2. The third kappa shape index (κ3) is 37.5. The third-order valence-corrected chi connectivity index (χ3v) is 23.8. The summed E-state index contributed by atoms with van der Waals surface area (Å²) in [6.07, 6.45) is 0. The van der Waals surface area contributed by atoms with E-state index in [4.69, 9.17) is 102 Å². The van der Waals surface area contributed by atoms with E-state index in [-0.39, 0.29) is 41.0 Å². The highest BCUT2D eigenvalue weighted by Crippen LogP contribution is 2.39. The minimum absolute atomic E-state index is 0.130. The predicted octanol–water partition coefficient (Wildman–Crippen LogP) is 39.3. The van der Waals surface area contributed by atoms with Gasteiger partial charge in [-0.1, -0.05) is 359 Å². The number of aryl methyl sites for hydroxylation is 4. The molecule has 0 atom stereocenters. The first-order chi connectivity index (χ1) is 53.9. The Labute approximate surface area is 776 Å². The van der Waals surface area contributed by atoms with Crippen LogP contribution in [-0.2, 0) is 0 Å². The molecule has 10 aromatic carbocycles. The molecule has 0 aliphatic heterocycles. The zero-order valence-corrected chi connectivity index (χ0v) is 86.0. The van der Waals surface area contributed by atoms with Crippen LogP contribution < -0.4 is 9.47 Å². The Balaban J connectivity index is 0.000000645. The Kier molecular flexibility index (Phi) is 52.6. The number of methoxy groups -OCH3 is 2. The second-order valence-electron chi connectivity index (χ2n) is 30.6. The highest BCUT2D eigenvalue weighted by atomic mass is 79.9. The van der Waals surface area contributed by atoms with E-state index in [0.717, 1.165) is 88.4 Å². The molecule has 0 radical (unpaired) electrons. The van der Waals surface area contributed by atoms with Gasteiger partial charge in [-0.05, 0) is 270 Å². The molecule has 0 amide bonds. The smallest absolute Gasteiger partial charge is 0.128 e. The number of benzene rings is 10. The molecule has 0 N–H and O–H groups in total. The second-order valence-corrected chi connectivity index (χ2v) is 38.2. The van der Waals surface area contributed by atoms with Crippen molar-refractivity contribution in [2.45, 2.75) is 232 Å². The van der Waals surface area contributed by atoms with Gasteiger partial charge in [0.25, 0.3) is 0 Å². The van der Waals surface area contributed by atoms with Gasteiger partial charge in [0.1, 0.15) is 34.8 Å². The fraction of sp³-hybridized carbons (Fsp3) is 0.381. The molecule has 0 unspecified atom stereocenters. The molecule has 0 saturated heterocycles. The van der Waals surface area contributed by atoms with Crippen LogP contribution in [0.3, 0.4) is 0 Å². The van der Waals surface area contributed by atoms with Crippen LogP contribution >= 0.6 is 172 Å². The van der Waals surface area contributed by atoms with Crippen LogP contribution in [0.5, 0.6) is 11.5 Å². The average molecular weight is 2070 g/mol. The first kappa shape index (κ1) is 110. The summed E-state index contributed by atoms with van der Waals surface area (Å²) < 4.78 is 67.0. The summed E-state index contributed by atoms with van der Waals surface area (Å²) in [6.45, 7) is 52.3. The highest BCUT2D eigenvalue weighted by Gasteiger charge is 2.17. The summed E-state index contributed by atoms with van der Waals surface area (Å²) in [7, 11) is 3.29. The summed E-state index contributed by atoms with van der Waals surface area (Å²) in [5.41, 5.74) is 17.1. The highest BCUT2D eigenvalue weighted by molar-refractivity contribution is 9.11. The zero-order valence-electron chi connectivity index (χ0n) is 72.0. The topological polar surface area (TPSA) is 18.5 Å². The molecule has 19 heteroatoms. The first-order valence-electron chi connectivity index (χ1n) is 38.4. The van der Waals surface area contributed by atoms with Gasteiger partial charge in [0.2, 0.25) is 0 Å². The van der Waals surface area contributed by atoms with Crippen LogP contribution in [0.2, 0.25) is 40.2 Å². The second kappa shape index (κ2) is 55.4. The van der Waals surface area contributed by atoms with Crippen molar-refractivity contribution in [2.75, 3.05) is 14.2 Å². The molecular weight excluding hydrogens is 1960 g/mol. The van der Waals surface area contributed by atoms with Crippen molar-refractivity contribution < 1.29 is 27.0 Å². The van der Waals surface area contributed by atoms with E-state index in [1.165, 1.54) is 79.8 Å². The fourth-order valence-corrected chi connectivity index (χ4v) is 18.9. The van der Waals surface area contributed by atoms with Crippen LogP contribution in [0.1, 0.15) is 281 Å². The Morgan fingerprint density at radius 1 is 0.276 bits per heavy atom. The molecule has 0 saturated carbocycles. The van der Waals surface area contributed by atoms with Gasteiger partial charge >= 0.3 is 0 Å². The molecule has 2 nitrogen and oxygen atoms in total. The lowest BCUT2D eigenvalue weighted by atomic mass is 9.92. The van der Waals surface area contributed by atoms with Gasteiger partial charge in [-0.15, -0.1) is 0 Å². The van der Waals surface area contributed by atoms with E-state index in [0.29, 0.717) is 67.1 Å². The SMILES string of the molecule is CC(C)c1c(Cl)cc(Cl)cc1Cl.CC(C)c1c(Cl)cccc1Br.CC(C)c1c(F)cccc1Br.CC(C)c1c(F)cccc1Cl.CC(C)c1cc(Br)ccc1Br.CC(C)c1ccc(F)cc1Br.COc1ccc(Cl)c(C)c1C(C)C.COc1ccc(F)cc1C(C)C.Cc1cc(C)c(C(C)C)c(C)c1.Cc1ccc(Cl)c(C(C)C)c1Cl. The van der Waals surface area contributed by atoms with Crippen molar-refractivity contribution in [1.82, 2.24) is 0 Å². The van der Waals surface area contributed by atoms with Crippen LogP contribution in [-0.4, -0.2) is 14.2 Å². The molecule has 0 spiro atoms.